The fraction of sp³-hybridized carbons (Fsp3) is 0.500. The van der Waals surface area contributed by atoms with Crippen LogP contribution in [0.2, 0.25) is 0 Å². The van der Waals surface area contributed by atoms with Gasteiger partial charge in [0.25, 0.3) is 0 Å². The van der Waals surface area contributed by atoms with E-state index in [1.165, 1.54) is 34.4 Å². The van der Waals surface area contributed by atoms with Crippen LogP contribution in [0.15, 0.2) is 24.4 Å². The molecule has 4 rings (SSSR count). The quantitative estimate of drug-likeness (QED) is 0.943. The van der Waals surface area contributed by atoms with Crippen LogP contribution in [0.5, 0.6) is 0 Å². The van der Waals surface area contributed by atoms with E-state index in [4.69, 9.17) is 4.98 Å². The number of hydrogen-bond acceptors (Lipinski definition) is 4. The molecule has 2 aliphatic heterocycles. The van der Waals surface area contributed by atoms with Crippen LogP contribution < -0.4 is 5.32 Å². The lowest BCUT2D eigenvalue weighted by atomic mass is 10.0. The summed E-state index contributed by atoms with van der Waals surface area (Å²) in [6.45, 7) is 8.50. The van der Waals surface area contributed by atoms with E-state index in [0.717, 1.165) is 44.8 Å². The predicted octanol–water partition coefficient (Wildman–Crippen LogP) is 3.08. The highest BCUT2D eigenvalue weighted by atomic mass is 15.1. The van der Waals surface area contributed by atoms with Crippen molar-refractivity contribution in [1.29, 1.82) is 0 Å². The van der Waals surface area contributed by atoms with E-state index in [2.05, 4.69) is 53.4 Å². The molecule has 4 nitrogen and oxygen atoms in total. The molecule has 0 spiro atoms. The Morgan fingerprint density at radius 3 is 2.96 bits per heavy atom. The van der Waals surface area contributed by atoms with E-state index in [-0.39, 0.29) is 0 Å². The number of rotatable bonds is 3. The number of nitrogens with zero attached hydrogens (tertiary/aromatic N) is 3. The molecule has 24 heavy (non-hydrogen) atoms. The second-order valence-corrected chi connectivity index (χ2v) is 7.23. The van der Waals surface area contributed by atoms with Crippen LogP contribution in [0.25, 0.3) is 0 Å². The minimum Gasteiger partial charge on any atom is -0.307 e. The Labute approximate surface area is 144 Å². The molecule has 126 valence electrons. The molecule has 1 fully saturated rings. The molecule has 1 aromatic heterocycles. The van der Waals surface area contributed by atoms with Crippen molar-refractivity contribution in [1.82, 2.24) is 20.2 Å². The van der Waals surface area contributed by atoms with Crippen molar-refractivity contribution in [3.8, 4) is 0 Å². The zero-order chi connectivity index (χ0) is 16.5. The predicted molar refractivity (Wildman–Crippen MR) is 95.7 cm³/mol. The van der Waals surface area contributed by atoms with Gasteiger partial charge in [-0.05, 0) is 49.9 Å². The SMILES string of the molecule is Cc1ccc(CN2CCc3nc([C@@H]4CCCN4)ncc3C2)cc1C. The van der Waals surface area contributed by atoms with Crippen molar-refractivity contribution >= 4 is 0 Å². The van der Waals surface area contributed by atoms with Gasteiger partial charge in [-0.25, -0.2) is 9.97 Å². The fourth-order valence-electron chi connectivity index (χ4n) is 3.76. The fourth-order valence-corrected chi connectivity index (χ4v) is 3.76. The van der Waals surface area contributed by atoms with Gasteiger partial charge in [0.2, 0.25) is 0 Å². The molecule has 1 aromatic carbocycles. The third-order valence-corrected chi connectivity index (χ3v) is 5.38. The summed E-state index contributed by atoms with van der Waals surface area (Å²) in [5.74, 6) is 0.994. The van der Waals surface area contributed by atoms with Crippen molar-refractivity contribution in [2.45, 2.75) is 52.2 Å². The smallest absolute Gasteiger partial charge is 0.145 e. The molecule has 0 saturated carbocycles. The first-order chi connectivity index (χ1) is 11.7. The summed E-state index contributed by atoms with van der Waals surface area (Å²) in [7, 11) is 0. The molecule has 0 radical (unpaired) electrons. The molecular weight excluding hydrogens is 296 g/mol. The maximum absolute atomic E-state index is 4.86. The average Bonchev–Trinajstić information content (AvgIpc) is 3.12. The van der Waals surface area contributed by atoms with Gasteiger partial charge in [-0.15, -0.1) is 0 Å². The van der Waals surface area contributed by atoms with Crippen molar-refractivity contribution in [3.05, 3.63) is 58.2 Å². The summed E-state index contributed by atoms with van der Waals surface area (Å²) < 4.78 is 0. The van der Waals surface area contributed by atoms with Gasteiger partial charge in [0, 0.05) is 43.5 Å². The molecule has 0 amide bonds. The average molecular weight is 322 g/mol. The molecule has 1 N–H and O–H groups in total. The summed E-state index contributed by atoms with van der Waals surface area (Å²) >= 11 is 0. The summed E-state index contributed by atoms with van der Waals surface area (Å²) in [6, 6.07) is 7.16. The first kappa shape index (κ1) is 15.7. The van der Waals surface area contributed by atoms with Gasteiger partial charge in [-0.1, -0.05) is 18.2 Å². The standard InChI is InChI=1S/C20H26N4/c1-14-5-6-16(10-15(14)2)12-24-9-7-18-17(13-24)11-22-20(23-18)19-4-3-8-21-19/h5-6,10-11,19,21H,3-4,7-9,12-13H2,1-2H3/t19-/m0/s1. The van der Waals surface area contributed by atoms with Gasteiger partial charge < -0.3 is 5.32 Å². The van der Waals surface area contributed by atoms with Crippen LogP contribution in [0.1, 0.15) is 52.7 Å². The Bertz CT molecular complexity index is 734. The maximum atomic E-state index is 4.86. The molecule has 4 heteroatoms. The molecule has 0 aliphatic carbocycles. The highest BCUT2D eigenvalue weighted by Gasteiger charge is 2.23. The van der Waals surface area contributed by atoms with Crippen molar-refractivity contribution in [2.24, 2.45) is 0 Å². The molecule has 1 saturated heterocycles. The molecule has 2 aromatic rings. The van der Waals surface area contributed by atoms with Crippen LogP contribution >= 0.6 is 0 Å². The largest absolute Gasteiger partial charge is 0.307 e. The maximum Gasteiger partial charge on any atom is 0.145 e. The number of benzene rings is 1. The van der Waals surface area contributed by atoms with E-state index in [0.29, 0.717) is 6.04 Å². The van der Waals surface area contributed by atoms with Gasteiger partial charge >= 0.3 is 0 Å². The van der Waals surface area contributed by atoms with Crippen LogP contribution in [0.4, 0.5) is 0 Å². The Morgan fingerprint density at radius 2 is 2.17 bits per heavy atom. The van der Waals surface area contributed by atoms with Gasteiger partial charge in [-0.3, -0.25) is 4.90 Å². The molecular formula is C20H26N4. The van der Waals surface area contributed by atoms with E-state index in [1.807, 2.05) is 0 Å². The second-order valence-electron chi connectivity index (χ2n) is 7.23. The molecule has 3 heterocycles. The summed E-state index contributed by atoms with van der Waals surface area (Å²) in [5, 5.41) is 3.50. The monoisotopic (exact) mass is 322 g/mol. The second kappa shape index (κ2) is 6.61. The van der Waals surface area contributed by atoms with E-state index >= 15 is 0 Å². The van der Waals surface area contributed by atoms with Gasteiger partial charge in [0.15, 0.2) is 0 Å². The summed E-state index contributed by atoms with van der Waals surface area (Å²) in [6.07, 6.45) is 5.49. The Hall–Kier alpha value is -1.78. The molecule has 0 bridgehead atoms. The number of hydrogen-bond donors (Lipinski definition) is 1. The van der Waals surface area contributed by atoms with Crippen molar-refractivity contribution < 1.29 is 0 Å². The normalized spacial score (nSPS) is 21.0. The lowest BCUT2D eigenvalue weighted by Gasteiger charge is -2.28. The van der Waals surface area contributed by atoms with Crippen molar-refractivity contribution in [3.63, 3.8) is 0 Å². The highest BCUT2D eigenvalue weighted by Crippen LogP contribution is 2.24. The van der Waals surface area contributed by atoms with Gasteiger partial charge in [0.05, 0.1) is 6.04 Å². The molecule has 2 aliphatic rings. The van der Waals surface area contributed by atoms with Crippen LogP contribution in [-0.2, 0) is 19.5 Å². The number of nitrogens with one attached hydrogen (secondary N) is 1. The summed E-state index contributed by atoms with van der Waals surface area (Å²) in [4.78, 5) is 12.0. The van der Waals surface area contributed by atoms with Crippen molar-refractivity contribution in [2.75, 3.05) is 13.1 Å². The topological polar surface area (TPSA) is 41.1 Å². The lowest BCUT2D eigenvalue weighted by molar-refractivity contribution is 0.242. The Morgan fingerprint density at radius 1 is 1.25 bits per heavy atom. The van der Waals surface area contributed by atoms with Gasteiger partial charge in [0.1, 0.15) is 5.82 Å². The van der Waals surface area contributed by atoms with Crippen LogP contribution in [0, 0.1) is 13.8 Å². The van der Waals surface area contributed by atoms with E-state index in [9.17, 15) is 0 Å². The van der Waals surface area contributed by atoms with Crippen LogP contribution in [0.3, 0.4) is 0 Å². The molecule has 1 atom stereocenters. The third-order valence-electron chi connectivity index (χ3n) is 5.38. The van der Waals surface area contributed by atoms with Crippen LogP contribution in [-0.4, -0.2) is 28.0 Å². The zero-order valence-electron chi connectivity index (χ0n) is 14.7. The Kier molecular flexibility index (Phi) is 4.33. The van der Waals surface area contributed by atoms with Gasteiger partial charge in [-0.2, -0.15) is 0 Å². The first-order valence-corrected chi connectivity index (χ1v) is 9.05. The lowest BCUT2D eigenvalue weighted by Crippen LogP contribution is -2.31. The minimum absolute atomic E-state index is 0.365. The first-order valence-electron chi connectivity index (χ1n) is 9.05. The minimum atomic E-state index is 0.365. The highest BCUT2D eigenvalue weighted by molar-refractivity contribution is 5.30. The Balaban J connectivity index is 1.46. The van der Waals surface area contributed by atoms with E-state index in [1.54, 1.807) is 0 Å². The number of fused-ring (bicyclic) bond motifs is 1. The number of aromatic nitrogens is 2. The third kappa shape index (κ3) is 3.21. The number of aryl methyl sites for hydroxylation is 2. The van der Waals surface area contributed by atoms with E-state index < -0.39 is 0 Å². The zero-order valence-corrected chi connectivity index (χ0v) is 14.7. The molecule has 0 unspecified atom stereocenters. The summed E-state index contributed by atoms with van der Waals surface area (Å²) in [5.41, 5.74) is 6.69.